The number of furan rings is 1. The van der Waals surface area contributed by atoms with Gasteiger partial charge in [-0.2, -0.15) is 0 Å². The maximum absolute atomic E-state index is 7.29. The third-order valence-corrected chi connectivity index (χ3v) is 15.5. The summed E-state index contributed by atoms with van der Waals surface area (Å²) in [5, 5.41) is 4.37. The molecule has 330 valence electrons. The van der Waals surface area contributed by atoms with Gasteiger partial charge in [-0.15, -0.1) is 0 Å². The Hall–Kier alpha value is -8.72. The Morgan fingerprint density at radius 3 is 1.43 bits per heavy atom. The van der Waals surface area contributed by atoms with E-state index in [1.165, 1.54) is 55.6 Å². The lowest BCUT2D eigenvalue weighted by Gasteiger charge is -2.35. The van der Waals surface area contributed by atoms with Crippen LogP contribution in [0.3, 0.4) is 0 Å². The van der Waals surface area contributed by atoms with Crippen LogP contribution in [0, 0.1) is 0 Å². The summed E-state index contributed by atoms with van der Waals surface area (Å²) in [5.41, 5.74) is 21.6. The summed E-state index contributed by atoms with van der Waals surface area (Å²) < 4.78 is 7.29. The van der Waals surface area contributed by atoms with Gasteiger partial charge in [0.1, 0.15) is 11.2 Å². The maximum Gasteiger partial charge on any atom is 0.143 e. The third-order valence-electron chi connectivity index (χ3n) is 15.5. The second-order valence-electron chi connectivity index (χ2n) is 19.5. The van der Waals surface area contributed by atoms with E-state index < -0.39 is 5.41 Å². The van der Waals surface area contributed by atoms with Crippen LogP contribution < -0.4 is 4.90 Å². The molecule has 14 rings (SSSR count). The summed E-state index contributed by atoms with van der Waals surface area (Å²) in [6, 6.07) is 91.8. The molecule has 0 radical (unpaired) electrons. The van der Waals surface area contributed by atoms with Gasteiger partial charge in [0.2, 0.25) is 0 Å². The molecule has 0 unspecified atom stereocenters. The minimum atomic E-state index is -0.567. The molecule has 12 aromatic rings. The van der Waals surface area contributed by atoms with E-state index in [1.807, 2.05) is 0 Å². The number of anilines is 3. The summed E-state index contributed by atoms with van der Waals surface area (Å²) in [5.74, 6) is 0. The first-order chi connectivity index (χ1) is 34.5. The molecule has 0 fully saturated rings. The van der Waals surface area contributed by atoms with Crippen LogP contribution in [-0.4, -0.2) is 0 Å². The van der Waals surface area contributed by atoms with Crippen molar-refractivity contribution in [1.29, 1.82) is 0 Å². The minimum Gasteiger partial charge on any atom is -0.455 e. The van der Waals surface area contributed by atoms with Crippen molar-refractivity contribution < 1.29 is 4.42 Å². The largest absolute Gasteiger partial charge is 0.455 e. The fourth-order valence-corrected chi connectivity index (χ4v) is 12.4. The third kappa shape index (κ3) is 5.74. The van der Waals surface area contributed by atoms with E-state index in [4.69, 9.17) is 4.42 Å². The molecule has 2 heteroatoms. The zero-order valence-corrected chi connectivity index (χ0v) is 39.0. The number of rotatable bonds is 7. The highest BCUT2D eigenvalue weighted by atomic mass is 16.3. The van der Waals surface area contributed by atoms with E-state index in [0.717, 1.165) is 72.0 Å². The van der Waals surface area contributed by atoms with Gasteiger partial charge in [-0.3, -0.25) is 0 Å². The average Bonchev–Trinajstić information content (AvgIpc) is 4.03. The second kappa shape index (κ2) is 15.4. The van der Waals surface area contributed by atoms with Gasteiger partial charge in [-0.25, -0.2) is 0 Å². The number of hydrogen-bond acceptors (Lipinski definition) is 2. The summed E-state index contributed by atoms with van der Waals surface area (Å²) in [6.07, 6.45) is 0. The highest BCUT2D eigenvalue weighted by Crippen LogP contribution is 2.58. The van der Waals surface area contributed by atoms with Gasteiger partial charge in [0.25, 0.3) is 0 Å². The van der Waals surface area contributed by atoms with Crippen LogP contribution >= 0.6 is 0 Å². The highest BCUT2D eigenvalue weighted by Gasteiger charge is 2.46. The SMILES string of the molecule is CC1(C)c2ccccc2-c2ccc(N(c3ccc4c(c3)C(c3ccccc3)(c3ccccc3)c3ccccc3-4)c3cc4c(oc5c(-c6ccccc6)ccc(-c6ccccc6)c54)c4ccccc34)cc21. The first-order valence-electron chi connectivity index (χ1n) is 24.4. The first-order valence-corrected chi connectivity index (χ1v) is 24.4. The molecule has 0 atom stereocenters. The predicted molar refractivity (Wildman–Crippen MR) is 292 cm³/mol. The fourth-order valence-electron chi connectivity index (χ4n) is 12.4. The molecule has 0 spiro atoms. The number of fused-ring (bicyclic) bond motifs is 11. The van der Waals surface area contributed by atoms with Gasteiger partial charge in [0, 0.05) is 43.9 Å². The number of nitrogens with zero attached hydrogens (tertiary/aromatic N) is 1. The van der Waals surface area contributed by atoms with E-state index in [9.17, 15) is 0 Å². The van der Waals surface area contributed by atoms with Crippen LogP contribution in [0.25, 0.3) is 77.2 Å². The van der Waals surface area contributed by atoms with Crippen LogP contribution in [0.4, 0.5) is 17.1 Å². The molecule has 0 saturated heterocycles. The maximum atomic E-state index is 7.29. The lowest BCUT2D eigenvalue weighted by Crippen LogP contribution is -2.28. The van der Waals surface area contributed by atoms with Crippen molar-refractivity contribution in [3.63, 3.8) is 0 Å². The van der Waals surface area contributed by atoms with Crippen LogP contribution in [0.2, 0.25) is 0 Å². The van der Waals surface area contributed by atoms with E-state index in [1.54, 1.807) is 0 Å². The lowest BCUT2D eigenvalue weighted by molar-refractivity contribution is 0.660. The zero-order chi connectivity index (χ0) is 46.6. The lowest BCUT2D eigenvalue weighted by atomic mass is 9.67. The van der Waals surface area contributed by atoms with Crippen molar-refractivity contribution in [2.45, 2.75) is 24.7 Å². The van der Waals surface area contributed by atoms with Gasteiger partial charge in [-0.1, -0.05) is 226 Å². The monoisotopic (exact) mass is 893 g/mol. The Morgan fingerprint density at radius 2 is 0.786 bits per heavy atom. The topological polar surface area (TPSA) is 16.4 Å². The molecule has 2 nitrogen and oxygen atoms in total. The second-order valence-corrected chi connectivity index (χ2v) is 19.5. The predicted octanol–water partition coefficient (Wildman–Crippen LogP) is 18.2. The van der Waals surface area contributed by atoms with Gasteiger partial charge in [0.05, 0.1) is 11.1 Å². The molecule has 2 aliphatic carbocycles. The molecular formula is C68H47NO. The Balaban J connectivity index is 1.10. The van der Waals surface area contributed by atoms with E-state index in [0.29, 0.717) is 0 Å². The van der Waals surface area contributed by atoms with Crippen molar-refractivity contribution in [3.05, 3.63) is 282 Å². The molecule has 0 aliphatic heterocycles. The summed E-state index contributed by atoms with van der Waals surface area (Å²) in [4.78, 5) is 2.53. The molecule has 0 N–H and O–H groups in total. The van der Waals surface area contributed by atoms with Crippen LogP contribution in [0.15, 0.2) is 253 Å². The van der Waals surface area contributed by atoms with Gasteiger partial charge in [-0.05, 0) is 109 Å². The molecule has 0 saturated carbocycles. The van der Waals surface area contributed by atoms with Crippen LogP contribution in [-0.2, 0) is 10.8 Å². The number of hydrogen-bond donors (Lipinski definition) is 0. The van der Waals surface area contributed by atoms with Crippen molar-refractivity contribution in [3.8, 4) is 44.5 Å². The highest BCUT2D eigenvalue weighted by molar-refractivity contribution is 6.24. The van der Waals surface area contributed by atoms with E-state index >= 15 is 0 Å². The number of benzene rings is 11. The van der Waals surface area contributed by atoms with Crippen molar-refractivity contribution in [2.75, 3.05) is 4.90 Å². The molecule has 1 aromatic heterocycles. The Bertz CT molecular complexity index is 3980. The molecule has 70 heavy (non-hydrogen) atoms. The summed E-state index contributed by atoms with van der Waals surface area (Å²) in [7, 11) is 0. The Kier molecular flexibility index (Phi) is 8.88. The average molecular weight is 894 g/mol. The van der Waals surface area contributed by atoms with Crippen LogP contribution in [0.1, 0.15) is 47.2 Å². The first kappa shape index (κ1) is 40.4. The standard InChI is InChI=1S/C68H47NO/c1-67(2)59-33-19-17-29-52(59)54-37-35-48(41-61(54)67)69(49-36-38-55-53-30-18-20-34-60(53)68(62(55)42-49,46-25-11-5-12-26-46)47-27-13-6-14-28-47)63-43-58-64-50(44-21-7-3-8-22-44)39-40-51(45-23-9-4-10-24-45)66(64)70-65(58)57-32-16-15-31-56(57)63/h3-43H,1-2H3. The van der Waals surface area contributed by atoms with Gasteiger partial charge < -0.3 is 9.32 Å². The van der Waals surface area contributed by atoms with Gasteiger partial charge >= 0.3 is 0 Å². The zero-order valence-electron chi connectivity index (χ0n) is 39.0. The normalized spacial score (nSPS) is 13.8. The summed E-state index contributed by atoms with van der Waals surface area (Å²) in [6.45, 7) is 4.75. The summed E-state index contributed by atoms with van der Waals surface area (Å²) >= 11 is 0. The van der Waals surface area contributed by atoms with Crippen LogP contribution in [0.5, 0.6) is 0 Å². The van der Waals surface area contributed by atoms with Crippen molar-refractivity contribution >= 4 is 49.8 Å². The Morgan fingerprint density at radius 1 is 0.329 bits per heavy atom. The smallest absolute Gasteiger partial charge is 0.143 e. The van der Waals surface area contributed by atoms with Gasteiger partial charge in [0.15, 0.2) is 0 Å². The molecule has 2 aliphatic rings. The van der Waals surface area contributed by atoms with Crippen molar-refractivity contribution in [2.24, 2.45) is 0 Å². The molecule has 0 amide bonds. The quantitative estimate of drug-likeness (QED) is 0.158. The minimum absolute atomic E-state index is 0.200. The Labute approximate surface area is 408 Å². The molecular weight excluding hydrogens is 847 g/mol. The molecule has 0 bridgehead atoms. The fraction of sp³-hybridized carbons (Fsp3) is 0.0588. The molecule has 1 heterocycles. The van der Waals surface area contributed by atoms with E-state index in [2.05, 4.69) is 267 Å². The molecule has 11 aromatic carbocycles. The van der Waals surface area contributed by atoms with E-state index in [-0.39, 0.29) is 5.41 Å². The van der Waals surface area contributed by atoms with Crippen molar-refractivity contribution in [1.82, 2.24) is 0 Å².